The predicted molar refractivity (Wildman–Crippen MR) is 52.6 cm³/mol. The lowest BCUT2D eigenvalue weighted by molar-refractivity contribution is -0.137. The summed E-state index contributed by atoms with van der Waals surface area (Å²) in [5.74, 6) is -1.43. The van der Waals surface area contributed by atoms with Gasteiger partial charge in [-0.25, -0.2) is 9.59 Å². The lowest BCUT2D eigenvalue weighted by Gasteiger charge is -1.90. The summed E-state index contributed by atoms with van der Waals surface area (Å²) in [6.07, 6.45) is 1.14. The number of esters is 1. The average molecular weight is 204 g/mol. The molecule has 0 heterocycles. The molecule has 0 aliphatic carbocycles. The van der Waals surface area contributed by atoms with Crippen LogP contribution in [0, 0.1) is 0 Å². The Labute approximate surface area is 82.3 Å². The van der Waals surface area contributed by atoms with Crippen LogP contribution in [-0.4, -0.2) is 23.7 Å². The Morgan fingerprint density at radius 3 is 2.08 bits per heavy atom. The molecule has 4 nitrogen and oxygen atoms in total. The van der Waals surface area contributed by atoms with Crippen molar-refractivity contribution in [3.05, 3.63) is 24.1 Å². The first-order valence-corrected chi connectivity index (χ1v) is 3.80. The van der Waals surface area contributed by atoms with E-state index >= 15 is 0 Å². The molecule has 0 aromatic carbocycles. The lowest BCUT2D eigenvalue weighted by atomic mass is 10.6. The van der Waals surface area contributed by atoms with Gasteiger partial charge in [-0.15, -0.1) is 12.6 Å². The summed E-state index contributed by atoms with van der Waals surface area (Å²) in [4.78, 5) is 19.5. The summed E-state index contributed by atoms with van der Waals surface area (Å²) in [6, 6.07) is 0. The minimum absolute atomic E-state index is 0.130. The third-order valence-electron chi connectivity index (χ3n) is 0.700. The van der Waals surface area contributed by atoms with Crippen molar-refractivity contribution >= 4 is 24.6 Å². The molecule has 0 aliphatic rings. The average Bonchev–Trinajstić information content (AvgIpc) is 2.05. The van der Waals surface area contributed by atoms with Crippen molar-refractivity contribution in [2.24, 2.45) is 0 Å². The molecule has 0 fully saturated rings. The zero-order valence-electron chi connectivity index (χ0n) is 7.32. The van der Waals surface area contributed by atoms with Crippen LogP contribution in [0.4, 0.5) is 0 Å². The van der Waals surface area contributed by atoms with Gasteiger partial charge >= 0.3 is 11.9 Å². The fourth-order valence-corrected chi connectivity index (χ4v) is 0.201. The molecule has 5 heteroatoms. The van der Waals surface area contributed by atoms with Crippen LogP contribution >= 0.6 is 12.6 Å². The van der Waals surface area contributed by atoms with Crippen LogP contribution in [0.25, 0.3) is 0 Å². The number of carbonyl (C=O) groups excluding carboxylic acids is 1. The molecule has 0 radical (unpaired) electrons. The maximum atomic E-state index is 10.1. The summed E-state index contributed by atoms with van der Waals surface area (Å²) in [5.41, 5.74) is 0. The number of carbonyl (C=O) groups is 2. The summed E-state index contributed by atoms with van der Waals surface area (Å²) >= 11 is 3.40. The number of hydrogen-bond acceptors (Lipinski definition) is 4. The third-order valence-corrected chi connectivity index (χ3v) is 0.891. The SMILES string of the molecule is C=C(S)C(=O)O.C=CC(=O)OCC. The van der Waals surface area contributed by atoms with Crippen LogP contribution in [0.1, 0.15) is 6.92 Å². The van der Waals surface area contributed by atoms with Crippen LogP contribution in [0.5, 0.6) is 0 Å². The van der Waals surface area contributed by atoms with Crippen molar-refractivity contribution in [2.45, 2.75) is 6.92 Å². The highest BCUT2D eigenvalue weighted by molar-refractivity contribution is 7.85. The quantitative estimate of drug-likeness (QED) is 0.412. The van der Waals surface area contributed by atoms with E-state index in [2.05, 4.69) is 30.5 Å². The number of carboxylic acid groups (broad SMARTS) is 1. The lowest BCUT2D eigenvalue weighted by Crippen LogP contribution is -1.97. The number of carboxylic acids is 1. The number of aliphatic carboxylic acids is 1. The third kappa shape index (κ3) is 13.7. The normalized spacial score (nSPS) is 7.54. The van der Waals surface area contributed by atoms with Gasteiger partial charge in [0.1, 0.15) is 0 Å². The smallest absolute Gasteiger partial charge is 0.341 e. The molecule has 0 aromatic rings. The first-order chi connectivity index (χ1) is 5.95. The standard InChI is InChI=1S/C5H8O2.C3H4O2S/c1-3-5(6)7-4-2;1-2(6)3(4)5/h3H,1,4H2,2H3;6H,1H2,(H,4,5). The van der Waals surface area contributed by atoms with Crippen molar-refractivity contribution in [1.29, 1.82) is 0 Å². The molecular weight excluding hydrogens is 192 g/mol. The highest BCUT2D eigenvalue weighted by atomic mass is 32.1. The van der Waals surface area contributed by atoms with Gasteiger partial charge in [-0.05, 0) is 6.92 Å². The van der Waals surface area contributed by atoms with E-state index in [-0.39, 0.29) is 10.9 Å². The van der Waals surface area contributed by atoms with Crippen molar-refractivity contribution in [2.75, 3.05) is 6.61 Å². The highest BCUT2D eigenvalue weighted by Crippen LogP contribution is 1.91. The number of rotatable bonds is 3. The van der Waals surface area contributed by atoms with E-state index in [0.29, 0.717) is 6.61 Å². The second kappa shape index (κ2) is 8.86. The fraction of sp³-hybridized carbons (Fsp3) is 0.250. The van der Waals surface area contributed by atoms with Crippen molar-refractivity contribution in [3.63, 3.8) is 0 Å². The zero-order chi connectivity index (χ0) is 10.9. The summed E-state index contributed by atoms with van der Waals surface area (Å²) < 4.78 is 4.43. The maximum Gasteiger partial charge on any atom is 0.341 e. The Kier molecular flexibility index (Phi) is 9.75. The Morgan fingerprint density at radius 1 is 1.62 bits per heavy atom. The Hall–Kier alpha value is -1.23. The molecule has 0 saturated carbocycles. The second-order valence-electron chi connectivity index (χ2n) is 1.71. The van der Waals surface area contributed by atoms with Crippen molar-refractivity contribution in [1.82, 2.24) is 0 Å². The van der Waals surface area contributed by atoms with Crippen LogP contribution in [0.2, 0.25) is 0 Å². The van der Waals surface area contributed by atoms with Crippen molar-refractivity contribution < 1.29 is 19.4 Å². The Balaban J connectivity index is 0. The molecule has 0 atom stereocenters. The minimum atomic E-state index is -1.07. The fourth-order valence-electron chi connectivity index (χ4n) is 0.201. The van der Waals surface area contributed by atoms with Gasteiger partial charge in [0.25, 0.3) is 0 Å². The van der Waals surface area contributed by atoms with Crippen LogP contribution < -0.4 is 0 Å². The summed E-state index contributed by atoms with van der Waals surface area (Å²) in [7, 11) is 0. The van der Waals surface area contributed by atoms with E-state index in [1.807, 2.05) is 0 Å². The van der Waals surface area contributed by atoms with Gasteiger partial charge in [0.05, 0.1) is 11.5 Å². The first-order valence-electron chi connectivity index (χ1n) is 3.36. The largest absolute Gasteiger partial charge is 0.477 e. The van der Waals surface area contributed by atoms with E-state index in [9.17, 15) is 9.59 Å². The van der Waals surface area contributed by atoms with E-state index in [0.717, 1.165) is 6.08 Å². The Morgan fingerprint density at radius 2 is 2.00 bits per heavy atom. The van der Waals surface area contributed by atoms with Crippen molar-refractivity contribution in [3.8, 4) is 0 Å². The number of hydrogen-bond donors (Lipinski definition) is 2. The van der Waals surface area contributed by atoms with Gasteiger partial charge in [-0.1, -0.05) is 13.2 Å². The molecule has 0 aliphatic heterocycles. The monoisotopic (exact) mass is 204 g/mol. The van der Waals surface area contributed by atoms with E-state index in [4.69, 9.17) is 5.11 Å². The topological polar surface area (TPSA) is 63.6 Å². The van der Waals surface area contributed by atoms with E-state index in [1.54, 1.807) is 6.92 Å². The van der Waals surface area contributed by atoms with Crippen LogP contribution in [0.3, 0.4) is 0 Å². The van der Waals surface area contributed by atoms with Crippen LogP contribution in [-0.2, 0) is 14.3 Å². The van der Waals surface area contributed by atoms with Crippen LogP contribution in [0.15, 0.2) is 24.1 Å². The molecule has 0 saturated heterocycles. The van der Waals surface area contributed by atoms with Gasteiger partial charge in [-0.2, -0.15) is 0 Å². The predicted octanol–water partition coefficient (Wildman–Crippen LogP) is 1.25. The minimum Gasteiger partial charge on any atom is -0.477 e. The zero-order valence-corrected chi connectivity index (χ0v) is 8.21. The second-order valence-corrected chi connectivity index (χ2v) is 2.25. The number of thiol groups is 1. The summed E-state index contributed by atoms with van der Waals surface area (Å²) in [6.45, 7) is 8.40. The molecule has 0 unspecified atom stereocenters. The molecule has 0 amide bonds. The summed E-state index contributed by atoms with van der Waals surface area (Å²) in [5, 5.41) is 7.81. The number of ether oxygens (including phenoxy) is 1. The molecule has 0 rings (SSSR count). The molecule has 13 heavy (non-hydrogen) atoms. The molecule has 1 N–H and O–H groups in total. The molecular formula is C8H12O4S. The van der Waals surface area contributed by atoms with E-state index in [1.165, 1.54) is 0 Å². The first kappa shape index (κ1) is 14.3. The molecule has 0 aromatic heterocycles. The van der Waals surface area contributed by atoms with Gasteiger partial charge in [-0.3, -0.25) is 0 Å². The Bertz CT molecular complexity index is 198. The molecule has 74 valence electrons. The van der Waals surface area contributed by atoms with Gasteiger partial charge in [0.2, 0.25) is 0 Å². The van der Waals surface area contributed by atoms with Gasteiger partial charge in [0.15, 0.2) is 0 Å². The molecule has 0 spiro atoms. The van der Waals surface area contributed by atoms with Gasteiger partial charge < -0.3 is 9.84 Å². The molecule has 0 bridgehead atoms. The van der Waals surface area contributed by atoms with E-state index < -0.39 is 5.97 Å². The maximum absolute atomic E-state index is 10.1. The van der Waals surface area contributed by atoms with Gasteiger partial charge in [0, 0.05) is 6.08 Å². The highest BCUT2D eigenvalue weighted by Gasteiger charge is 1.91.